The van der Waals surface area contributed by atoms with Crippen molar-refractivity contribution in [1.82, 2.24) is 4.90 Å². The van der Waals surface area contributed by atoms with E-state index in [1.54, 1.807) is 36.2 Å². The molecule has 0 unspecified atom stereocenters. The number of rotatable bonds is 17. The van der Waals surface area contributed by atoms with Gasteiger partial charge in [0.25, 0.3) is 5.91 Å². The standard InChI is InChI=1S/C47H52N2O8/c1-4-24-55-47-43(49(2)46(53)35-19-18-32-13-5-6-14-33(32)26-35)29-41(48-54-3)39-27-34(15-7-9-22-50)38(17-8-10-23-51)44(45(39)47)40-28-37(20-21-42(40)57-47)56-36-16-11-12-31(25-36)30-52/h4-6,11-14,16,18-21,25-28,30,34,38,43-45,50-51H,1,7-10,15,17,22-24,29H2,2-3H3/t34-,38+,43-,44+,45+,47+/m0/s1. The Kier molecular flexibility index (Phi) is 12.5. The van der Waals surface area contributed by atoms with Crippen LogP contribution in [0, 0.1) is 17.8 Å². The molecular weight excluding hydrogens is 721 g/mol. The number of oxime groups is 1. The van der Waals surface area contributed by atoms with Crippen molar-refractivity contribution in [1.29, 1.82) is 0 Å². The monoisotopic (exact) mass is 772 g/mol. The molecule has 298 valence electrons. The van der Waals surface area contributed by atoms with Crippen LogP contribution in [0.4, 0.5) is 0 Å². The summed E-state index contributed by atoms with van der Waals surface area (Å²) in [6, 6.07) is 25.9. The minimum Gasteiger partial charge on any atom is -0.459 e. The van der Waals surface area contributed by atoms with Crippen molar-refractivity contribution in [2.75, 3.05) is 34.0 Å². The molecule has 10 heteroatoms. The molecule has 0 bridgehead atoms. The molecule has 1 amide bonds. The normalized spacial score (nSPS) is 24.1. The van der Waals surface area contributed by atoms with Gasteiger partial charge in [-0.05, 0) is 96.3 Å². The fraction of sp³-hybridized carbons (Fsp3) is 0.383. The highest BCUT2D eigenvalue weighted by Gasteiger charge is 2.65. The molecule has 1 saturated carbocycles. The van der Waals surface area contributed by atoms with E-state index in [4.69, 9.17) is 19.0 Å². The molecule has 7 rings (SSSR count). The third-order valence-corrected chi connectivity index (χ3v) is 11.9. The summed E-state index contributed by atoms with van der Waals surface area (Å²) in [6.07, 6.45) is 9.75. The van der Waals surface area contributed by atoms with Gasteiger partial charge in [-0.1, -0.05) is 72.6 Å². The number of fused-ring (bicyclic) bond motifs is 3. The van der Waals surface area contributed by atoms with Gasteiger partial charge >= 0.3 is 0 Å². The first-order valence-electron chi connectivity index (χ1n) is 20.0. The molecule has 0 radical (unpaired) electrons. The van der Waals surface area contributed by atoms with Gasteiger partial charge in [-0.15, -0.1) is 6.58 Å². The van der Waals surface area contributed by atoms with Gasteiger partial charge < -0.3 is 34.2 Å². The molecule has 1 heterocycles. The third kappa shape index (κ3) is 7.99. The Bertz CT molecular complexity index is 2150. The molecule has 4 aromatic rings. The summed E-state index contributed by atoms with van der Waals surface area (Å²) in [4.78, 5) is 33.5. The molecule has 0 spiro atoms. The van der Waals surface area contributed by atoms with Crippen LogP contribution < -0.4 is 9.47 Å². The summed E-state index contributed by atoms with van der Waals surface area (Å²) >= 11 is 0. The van der Waals surface area contributed by atoms with Gasteiger partial charge in [0.1, 0.15) is 36.7 Å². The number of carbonyl (C=O) groups is 2. The maximum Gasteiger partial charge on any atom is 0.254 e. The van der Waals surface area contributed by atoms with Gasteiger partial charge in [0.15, 0.2) is 0 Å². The first-order valence-corrected chi connectivity index (χ1v) is 20.0. The number of likely N-dealkylation sites (N-methyl/N-ethyl adjacent to an activating group) is 1. The molecule has 4 aromatic carbocycles. The van der Waals surface area contributed by atoms with E-state index >= 15 is 0 Å². The Labute approximate surface area is 334 Å². The van der Waals surface area contributed by atoms with E-state index in [0.29, 0.717) is 47.6 Å². The van der Waals surface area contributed by atoms with E-state index in [2.05, 4.69) is 17.8 Å². The van der Waals surface area contributed by atoms with Crippen molar-refractivity contribution in [2.24, 2.45) is 22.9 Å². The van der Waals surface area contributed by atoms with Crippen LogP contribution in [0.5, 0.6) is 17.2 Å². The molecule has 1 fully saturated rings. The summed E-state index contributed by atoms with van der Waals surface area (Å²) in [7, 11) is 3.34. The number of allylic oxidation sites excluding steroid dienone is 1. The Morgan fingerprint density at radius 2 is 1.72 bits per heavy atom. The lowest BCUT2D eigenvalue weighted by molar-refractivity contribution is -0.252. The van der Waals surface area contributed by atoms with E-state index in [-0.39, 0.29) is 43.5 Å². The molecule has 3 aliphatic rings. The van der Waals surface area contributed by atoms with Crippen molar-refractivity contribution in [3.8, 4) is 17.2 Å². The highest BCUT2D eigenvalue weighted by molar-refractivity contribution is 6.04. The van der Waals surface area contributed by atoms with Crippen molar-refractivity contribution in [2.45, 2.75) is 62.7 Å². The van der Waals surface area contributed by atoms with Crippen LogP contribution in [-0.2, 0) is 9.57 Å². The van der Waals surface area contributed by atoms with E-state index in [0.717, 1.165) is 59.6 Å². The maximum atomic E-state index is 14.7. The molecule has 6 atom stereocenters. The quantitative estimate of drug-likeness (QED) is 0.0474. The van der Waals surface area contributed by atoms with Gasteiger partial charge in [0, 0.05) is 49.3 Å². The number of aliphatic hydroxyl groups excluding tert-OH is 2. The Morgan fingerprint density at radius 3 is 2.47 bits per heavy atom. The summed E-state index contributed by atoms with van der Waals surface area (Å²) < 4.78 is 20.6. The molecule has 2 N–H and O–H groups in total. The Morgan fingerprint density at radius 1 is 0.947 bits per heavy atom. The van der Waals surface area contributed by atoms with E-state index in [9.17, 15) is 19.8 Å². The topological polar surface area (TPSA) is 127 Å². The van der Waals surface area contributed by atoms with Crippen LogP contribution in [0.2, 0.25) is 0 Å². The smallest absolute Gasteiger partial charge is 0.254 e. The fourth-order valence-corrected chi connectivity index (χ4v) is 9.36. The lowest BCUT2D eigenvalue weighted by atomic mass is 9.55. The minimum absolute atomic E-state index is 0.0658. The number of aldehydes is 1. The SMILES string of the molecule is C=CCO[C@@]12Oc3ccc(Oc4cccc(C=O)c4)cc3[C@H]3[C@H](CCCCO)[C@@H](CCCCO)C=C(C(=NOC)C[C@@H]1N(C)C(=O)c1ccc4ccccc4c1)[C@H]32. The number of ether oxygens (including phenoxy) is 3. The molecule has 2 aliphatic carbocycles. The molecular formula is C47H52N2O8. The van der Waals surface area contributed by atoms with Crippen molar-refractivity contribution < 1.29 is 38.9 Å². The molecule has 0 aromatic heterocycles. The van der Waals surface area contributed by atoms with Gasteiger partial charge in [0.05, 0.1) is 18.2 Å². The van der Waals surface area contributed by atoms with Crippen LogP contribution >= 0.6 is 0 Å². The fourth-order valence-electron chi connectivity index (χ4n) is 9.36. The van der Waals surface area contributed by atoms with Crippen molar-refractivity contribution in [3.05, 3.63) is 126 Å². The summed E-state index contributed by atoms with van der Waals surface area (Å²) in [5.74, 6) is -0.272. The van der Waals surface area contributed by atoms with Gasteiger partial charge in [-0.3, -0.25) is 9.59 Å². The number of carbonyl (C=O) groups excluding carboxylic acids is 2. The van der Waals surface area contributed by atoms with Gasteiger partial charge in [-0.25, -0.2) is 0 Å². The predicted molar refractivity (Wildman–Crippen MR) is 220 cm³/mol. The van der Waals surface area contributed by atoms with Crippen LogP contribution in [0.1, 0.15) is 77.1 Å². The highest BCUT2D eigenvalue weighted by atomic mass is 16.7. The third-order valence-electron chi connectivity index (χ3n) is 11.9. The van der Waals surface area contributed by atoms with Crippen LogP contribution in [0.25, 0.3) is 10.8 Å². The average molecular weight is 773 g/mol. The number of hydrogen-bond acceptors (Lipinski definition) is 9. The molecule has 57 heavy (non-hydrogen) atoms. The first-order chi connectivity index (χ1) is 27.8. The second kappa shape index (κ2) is 17.9. The maximum absolute atomic E-state index is 14.7. The zero-order chi connectivity index (χ0) is 39.9. The second-order valence-corrected chi connectivity index (χ2v) is 15.2. The number of unbranched alkanes of at least 4 members (excludes halogenated alkanes) is 2. The lowest BCUT2D eigenvalue weighted by Crippen LogP contribution is -2.69. The molecule has 0 saturated heterocycles. The number of amides is 1. The minimum atomic E-state index is -1.36. The number of aliphatic hydroxyl groups is 2. The highest BCUT2D eigenvalue weighted by Crippen LogP contribution is 2.62. The van der Waals surface area contributed by atoms with Crippen LogP contribution in [-0.4, -0.2) is 78.8 Å². The van der Waals surface area contributed by atoms with E-state index in [1.807, 2.05) is 66.7 Å². The zero-order valence-corrected chi connectivity index (χ0v) is 32.7. The van der Waals surface area contributed by atoms with Crippen LogP contribution in [0.15, 0.2) is 114 Å². The molecule has 1 aliphatic heterocycles. The van der Waals surface area contributed by atoms with Crippen molar-refractivity contribution >= 4 is 28.7 Å². The number of hydrogen-bond donors (Lipinski definition) is 2. The summed E-state index contributed by atoms with van der Waals surface area (Å²) in [6.45, 7) is 4.37. The first kappa shape index (κ1) is 39.9. The van der Waals surface area contributed by atoms with Gasteiger partial charge in [0.2, 0.25) is 5.79 Å². The average Bonchev–Trinajstić information content (AvgIpc) is 3.24. The number of nitrogens with zero attached hydrogens (tertiary/aromatic N) is 2. The van der Waals surface area contributed by atoms with Crippen molar-refractivity contribution in [3.63, 3.8) is 0 Å². The Balaban J connectivity index is 1.41. The lowest BCUT2D eigenvalue weighted by Gasteiger charge is -2.59. The second-order valence-electron chi connectivity index (χ2n) is 15.2. The van der Waals surface area contributed by atoms with Crippen LogP contribution in [0.3, 0.4) is 0 Å². The van der Waals surface area contributed by atoms with Gasteiger partial charge in [-0.2, -0.15) is 0 Å². The predicted octanol–water partition coefficient (Wildman–Crippen LogP) is 8.48. The van der Waals surface area contributed by atoms with E-state index in [1.165, 1.54) is 7.11 Å². The number of benzene rings is 4. The van der Waals surface area contributed by atoms with E-state index < -0.39 is 17.7 Å². The summed E-state index contributed by atoms with van der Waals surface area (Å²) in [5, 5.41) is 26.3. The summed E-state index contributed by atoms with van der Waals surface area (Å²) in [5.41, 5.74) is 3.67. The largest absolute Gasteiger partial charge is 0.459 e. The molecule has 10 nitrogen and oxygen atoms in total. The Hall–Kier alpha value is -5.29. The zero-order valence-electron chi connectivity index (χ0n) is 32.7.